The number of alkyl halides is 9. The number of aliphatic carboxylic acids is 1. The van der Waals surface area contributed by atoms with E-state index >= 15 is 0 Å². The van der Waals surface area contributed by atoms with Crippen LogP contribution in [-0.2, 0) is 22.3 Å². The van der Waals surface area contributed by atoms with E-state index in [9.17, 15) is 49.1 Å². The van der Waals surface area contributed by atoms with Crippen LogP contribution in [0, 0.1) is 11.3 Å². The summed E-state index contributed by atoms with van der Waals surface area (Å²) in [5.74, 6) is -1.56. The number of rotatable bonds is 5. The van der Waals surface area contributed by atoms with Gasteiger partial charge in [-0.2, -0.15) is 39.5 Å². The van der Waals surface area contributed by atoms with E-state index in [1.54, 1.807) is 11.0 Å². The van der Waals surface area contributed by atoms with Crippen molar-refractivity contribution in [1.82, 2.24) is 9.80 Å². The normalized spacial score (nSPS) is 20.9. The summed E-state index contributed by atoms with van der Waals surface area (Å²) in [4.78, 5) is 27.6. The molecule has 1 spiro atoms. The standard InChI is InChI=1S/C26H30F9N3O4/c27-24(28,29)18-13-16(1-2-19(18)37-8-3-17(4-9-37)20(39)40)14-36-10-5-23(6-11-36)7-12-38(15-23)22(41)42-21(25(30,31)32)26(33,34)35/h1-2,13,17,21H,3-12,14-15H2,(H,39,40). The molecule has 236 valence electrons. The molecule has 0 aliphatic carbocycles. The van der Waals surface area contributed by atoms with Crippen molar-refractivity contribution in [3.63, 3.8) is 0 Å². The highest BCUT2D eigenvalue weighted by Gasteiger charge is 2.60. The third kappa shape index (κ3) is 7.35. The Hall–Kier alpha value is -2.91. The van der Waals surface area contributed by atoms with Crippen LogP contribution < -0.4 is 4.90 Å². The Morgan fingerprint density at radius 3 is 2.00 bits per heavy atom. The van der Waals surface area contributed by atoms with Gasteiger partial charge in [-0.25, -0.2) is 4.79 Å². The number of hydrogen-bond donors (Lipinski definition) is 1. The van der Waals surface area contributed by atoms with E-state index in [2.05, 4.69) is 4.74 Å². The number of carbonyl (C=O) groups excluding carboxylic acids is 1. The highest BCUT2D eigenvalue weighted by Crippen LogP contribution is 2.43. The van der Waals surface area contributed by atoms with Gasteiger partial charge in [-0.1, -0.05) is 6.07 Å². The molecule has 1 aromatic rings. The Kier molecular flexibility index (Phi) is 8.87. The highest BCUT2D eigenvalue weighted by atomic mass is 19.4. The predicted octanol–water partition coefficient (Wildman–Crippen LogP) is 5.92. The quantitative estimate of drug-likeness (QED) is 0.413. The first-order valence-corrected chi connectivity index (χ1v) is 13.4. The topological polar surface area (TPSA) is 73.3 Å². The number of ether oxygens (including phenoxy) is 1. The summed E-state index contributed by atoms with van der Waals surface area (Å²) >= 11 is 0. The molecule has 4 rings (SSSR count). The lowest BCUT2D eigenvalue weighted by molar-refractivity contribution is -0.308. The molecule has 3 saturated heterocycles. The van der Waals surface area contributed by atoms with E-state index in [4.69, 9.17) is 5.11 Å². The Bertz CT molecular complexity index is 1130. The van der Waals surface area contributed by atoms with Gasteiger partial charge in [0.2, 0.25) is 0 Å². The van der Waals surface area contributed by atoms with Crippen molar-refractivity contribution < 1.29 is 58.9 Å². The summed E-state index contributed by atoms with van der Waals surface area (Å²) in [6, 6.07) is 4.05. The minimum Gasteiger partial charge on any atom is -0.481 e. The Balaban J connectivity index is 1.35. The molecule has 0 aromatic heterocycles. The molecule has 3 fully saturated rings. The zero-order valence-electron chi connectivity index (χ0n) is 22.3. The maximum atomic E-state index is 14.0. The van der Waals surface area contributed by atoms with Gasteiger partial charge in [0.1, 0.15) is 0 Å². The van der Waals surface area contributed by atoms with Crippen molar-refractivity contribution in [2.75, 3.05) is 44.2 Å². The molecule has 0 saturated carbocycles. The molecule has 3 heterocycles. The fourth-order valence-corrected chi connectivity index (χ4v) is 5.99. The minimum absolute atomic E-state index is 0.0103. The largest absolute Gasteiger partial charge is 0.481 e. The zero-order valence-corrected chi connectivity index (χ0v) is 22.3. The van der Waals surface area contributed by atoms with E-state index in [1.165, 1.54) is 6.07 Å². The average molecular weight is 620 g/mol. The summed E-state index contributed by atoms with van der Waals surface area (Å²) in [5.41, 5.74) is -0.957. The number of hydrogen-bond acceptors (Lipinski definition) is 5. The van der Waals surface area contributed by atoms with Crippen molar-refractivity contribution in [3.05, 3.63) is 29.3 Å². The van der Waals surface area contributed by atoms with Crippen LogP contribution in [0.3, 0.4) is 0 Å². The van der Waals surface area contributed by atoms with Crippen LogP contribution in [0.25, 0.3) is 0 Å². The van der Waals surface area contributed by atoms with E-state index in [0.717, 1.165) is 11.0 Å². The van der Waals surface area contributed by atoms with E-state index in [0.29, 0.717) is 37.9 Å². The second-order valence-electron chi connectivity index (χ2n) is 11.2. The lowest BCUT2D eigenvalue weighted by Gasteiger charge is -2.39. The van der Waals surface area contributed by atoms with Crippen LogP contribution in [0.5, 0.6) is 0 Å². The van der Waals surface area contributed by atoms with Gasteiger partial charge in [-0.3, -0.25) is 9.69 Å². The van der Waals surface area contributed by atoms with Crippen molar-refractivity contribution in [2.24, 2.45) is 11.3 Å². The molecule has 0 radical (unpaired) electrons. The van der Waals surface area contributed by atoms with Gasteiger partial charge >= 0.3 is 30.6 Å². The molecule has 7 nitrogen and oxygen atoms in total. The zero-order chi connectivity index (χ0) is 31.1. The molecular formula is C26H30F9N3O4. The molecule has 42 heavy (non-hydrogen) atoms. The molecule has 0 unspecified atom stereocenters. The first-order chi connectivity index (χ1) is 19.4. The fraction of sp³-hybridized carbons (Fsp3) is 0.692. The van der Waals surface area contributed by atoms with Crippen LogP contribution in [0.15, 0.2) is 18.2 Å². The third-order valence-corrected chi connectivity index (χ3v) is 8.38. The van der Waals surface area contributed by atoms with E-state index in [1.807, 2.05) is 4.90 Å². The Morgan fingerprint density at radius 2 is 1.48 bits per heavy atom. The van der Waals surface area contributed by atoms with Crippen LogP contribution in [0.4, 0.5) is 50.0 Å². The average Bonchev–Trinajstić information content (AvgIpc) is 3.30. The maximum absolute atomic E-state index is 14.0. The van der Waals surface area contributed by atoms with E-state index < -0.39 is 53.6 Å². The van der Waals surface area contributed by atoms with Crippen molar-refractivity contribution in [2.45, 2.75) is 63.3 Å². The van der Waals surface area contributed by atoms with Gasteiger partial charge in [-0.05, 0) is 68.3 Å². The Labute approximate surface area is 235 Å². The lowest BCUT2D eigenvalue weighted by Crippen LogP contribution is -2.48. The van der Waals surface area contributed by atoms with Gasteiger partial charge < -0.3 is 19.6 Å². The number of nitrogens with zero attached hydrogens (tertiary/aromatic N) is 3. The van der Waals surface area contributed by atoms with Crippen LogP contribution >= 0.6 is 0 Å². The summed E-state index contributed by atoms with van der Waals surface area (Å²) in [6.07, 6.45) is -20.4. The molecule has 1 aromatic carbocycles. The highest BCUT2D eigenvalue weighted by molar-refractivity contribution is 5.70. The van der Waals surface area contributed by atoms with Crippen molar-refractivity contribution in [1.29, 1.82) is 0 Å². The summed E-state index contributed by atoms with van der Waals surface area (Å²) in [5, 5.41) is 9.16. The van der Waals surface area contributed by atoms with Gasteiger partial charge in [0.25, 0.3) is 6.10 Å². The van der Waals surface area contributed by atoms with Gasteiger partial charge in [0, 0.05) is 38.4 Å². The molecule has 0 bridgehead atoms. The summed E-state index contributed by atoms with van der Waals surface area (Å²) < 4.78 is 122. The number of carbonyl (C=O) groups is 2. The van der Waals surface area contributed by atoms with Crippen molar-refractivity contribution >= 4 is 17.7 Å². The number of carboxylic acids is 1. The Morgan fingerprint density at radius 1 is 0.905 bits per heavy atom. The molecule has 1 N–H and O–H groups in total. The van der Waals surface area contributed by atoms with Crippen LogP contribution in [-0.4, -0.2) is 84.7 Å². The number of amides is 1. The van der Waals surface area contributed by atoms with E-state index in [-0.39, 0.29) is 51.3 Å². The smallest absolute Gasteiger partial charge is 0.434 e. The SMILES string of the molecule is O=C(O)C1CCN(c2ccc(CN3CCC4(CC3)CCN(C(=O)OC(C(F)(F)F)C(F)(F)F)C4)cc2C(F)(F)F)CC1. The third-order valence-electron chi connectivity index (χ3n) is 8.38. The number of piperidine rings is 2. The number of carboxylic acid groups (broad SMARTS) is 1. The first-order valence-electron chi connectivity index (χ1n) is 13.4. The van der Waals surface area contributed by atoms with Crippen LogP contribution in [0.2, 0.25) is 0 Å². The van der Waals surface area contributed by atoms with Gasteiger partial charge in [0.15, 0.2) is 0 Å². The fourth-order valence-electron chi connectivity index (χ4n) is 5.99. The lowest BCUT2D eigenvalue weighted by atomic mass is 9.77. The second kappa shape index (κ2) is 11.6. The first kappa shape index (κ1) is 32.0. The van der Waals surface area contributed by atoms with Gasteiger partial charge in [-0.15, -0.1) is 0 Å². The molecular weight excluding hydrogens is 589 g/mol. The second-order valence-corrected chi connectivity index (χ2v) is 11.2. The summed E-state index contributed by atoms with van der Waals surface area (Å²) in [6.45, 7) is 1.22. The van der Waals surface area contributed by atoms with Gasteiger partial charge in [0.05, 0.1) is 11.5 Å². The van der Waals surface area contributed by atoms with Crippen LogP contribution in [0.1, 0.15) is 43.2 Å². The predicted molar refractivity (Wildman–Crippen MR) is 130 cm³/mol. The molecule has 3 aliphatic heterocycles. The molecule has 3 aliphatic rings. The molecule has 0 atom stereocenters. The number of benzene rings is 1. The minimum atomic E-state index is -5.81. The molecule has 16 heteroatoms. The summed E-state index contributed by atoms with van der Waals surface area (Å²) in [7, 11) is 0. The number of anilines is 1. The number of likely N-dealkylation sites (tertiary alicyclic amines) is 2. The maximum Gasteiger partial charge on any atom is 0.434 e. The monoisotopic (exact) mass is 619 g/mol. The van der Waals surface area contributed by atoms with Crippen molar-refractivity contribution in [3.8, 4) is 0 Å². The number of halogens is 9. The molecule has 1 amide bonds.